The molecule has 1 N–H and O–H groups in total. The van der Waals surface area contributed by atoms with Gasteiger partial charge in [-0.1, -0.05) is 22.0 Å². The second-order valence-corrected chi connectivity index (χ2v) is 5.49. The Bertz CT molecular complexity index is 420. The van der Waals surface area contributed by atoms with Crippen molar-refractivity contribution in [2.24, 2.45) is 0 Å². The quantitative estimate of drug-likeness (QED) is 0.840. The molecule has 0 aliphatic carbocycles. The van der Waals surface area contributed by atoms with Crippen LogP contribution in [0.25, 0.3) is 0 Å². The van der Waals surface area contributed by atoms with E-state index >= 15 is 0 Å². The molecule has 4 nitrogen and oxygen atoms in total. The molecule has 0 spiro atoms. The van der Waals surface area contributed by atoms with Gasteiger partial charge in [-0.05, 0) is 31.2 Å². The standard InChI is InChI=1S/C14H19BrN2O2/c15-13-4-1-3-12(11-13)14(18)16-5-2-6-17-7-9-19-10-8-17/h1,3-4,11H,2,5-10H2,(H,16,18). The molecule has 1 aromatic rings. The summed E-state index contributed by atoms with van der Waals surface area (Å²) in [4.78, 5) is 14.3. The number of hydrogen-bond donors (Lipinski definition) is 1. The van der Waals surface area contributed by atoms with Gasteiger partial charge in [-0.25, -0.2) is 0 Å². The van der Waals surface area contributed by atoms with Crippen molar-refractivity contribution in [3.05, 3.63) is 34.3 Å². The first-order valence-corrected chi connectivity index (χ1v) is 7.39. The number of benzene rings is 1. The fourth-order valence-corrected chi connectivity index (χ4v) is 2.46. The van der Waals surface area contributed by atoms with Crippen LogP contribution in [0.4, 0.5) is 0 Å². The van der Waals surface area contributed by atoms with Crippen molar-refractivity contribution in [2.75, 3.05) is 39.4 Å². The van der Waals surface area contributed by atoms with Gasteiger partial charge in [0.15, 0.2) is 0 Å². The van der Waals surface area contributed by atoms with Gasteiger partial charge in [0.05, 0.1) is 13.2 Å². The third kappa shape index (κ3) is 4.93. The molecule has 1 aliphatic heterocycles. The van der Waals surface area contributed by atoms with Gasteiger partial charge in [0.1, 0.15) is 0 Å². The van der Waals surface area contributed by atoms with Crippen molar-refractivity contribution in [1.82, 2.24) is 10.2 Å². The number of carbonyl (C=O) groups is 1. The fourth-order valence-electron chi connectivity index (χ4n) is 2.06. The minimum absolute atomic E-state index is 0.0109. The SMILES string of the molecule is O=C(NCCCN1CCOCC1)c1cccc(Br)c1. The zero-order valence-electron chi connectivity index (χ0n) is 10.9. The molecule has 1 aliphatic rings. The van der Waals surface area contributed by atoms with Crippen molar-refractivity contribution in [1.29, 1.82) is 0 Å². The summed E-state index contributed by atoms with van der Waals surface area (Å²) in [7, 11) is 0. The fraction of sp³-hybridized carbons (Fsp3) is 0.500. The molecule has 0 unspecified atom stereocenters. The molecule has 1 saturated heterocycles. The zero-order valence-corrected chi connectivity index (χ0v) is 12.5. The molecule has 0 radical (unpaired) electrons. The summed E-state index contributed by atoms with van der Waals surface area (Å²) in [5.74, 6) is -0.0109. The lowest BCUT2D eigenvalue weighted by Crippen LogP contribution is -2.38. The van der Waals surface area contributed by atoms with E-state index in [9.17, 15) is 4.79 Å². The predicted molar refractivity (Wildman–Crippen MR) is 78.4 cm³/mol. The van der Waals surface area contributed by atoms with Crippen LogP contribution < -0.4 is 5.32 Å². The van der Waals surface area contributed by atoms with Crippen LogP contribution in [-0.2, 0) is 4.74 Å². The monoisotopic (exact) mass is 326 g/mol. The van der Waals surface area contributed by atoms with E-state index in [4.69, 9.17) is 4.74 Å². The van der Waals surface area contributed by atoms with Crippen molar-refractivity contribution in [3.8, 4) is 0 Å². The molecule has 0 saturated carbocycles. The number of hydrogen-bond acceptors (Lipinski definition) is 3. The van der Waals surface area contributed by atoms with Crippen molar-refractivity contribution in [2.45, 2.75) is 6.42 Å². The number of halogens is 1. The summed E-state index contributed by atoms with van der Waals surface area (Å²) in [6.07, 6.45) is 0.972. The van der Waals surface area contributed by atoms with Gasteiger partial charge in [-0.3, -0.25) is 9.69 Å². The van der Waals surface area contributed by atoms with Gasteiger partial charge in [0, 0.05) is 29.7 Å². The average Bonchev–Trinajstić information content (AvgIpc) is 2.44. The molecule has 0 bridgehead atoms. The minimum Gasteiger partial charge on any atom is -0.379 e. The molecule has 2 rings (SSSR count). The van der Waals surface area contributed by atoms with Crippen molar-refractivity contribution >= 4 is 21.8 Å². The number of carbonyl (C=O) groups excluding carboxylic acids is 1. The van der Waals surface area contributed by atoms with Gasteiger partial charge in [-0.15, -0.1) is 0 Å². The highest BCUT2D eigenvalue weighted by Crippen LogP contribution is 2.11. The highest BCUT2D eigenvalue weighted by molar-refractivity contribution is 9.10. The van der Waals surface area contributed by atoms with Gasteiger partial charge < -0.3 is 10.1 Å². The second kappa shape index (κ2) is 7.62. The molecule has 0 atom stereocenters. The van der Waals surface area contributed by atoms with Crippen molar-refractivity contribution < 1.29 is 9.53 Å². The number of morpholine rings is 1. The van der Waals surface area contributed by atoms with E-state index in [0.29, 0.717) is 12.1 Å². The molecule has 1 heterocycles. The molecule has 0 aromatic heterocycles. The van der Waals surface area contributed by atoms with E-state index in [1.54, 1.807) is 0 Å². The summed E-state index contributed by atoms with van der Waals surface area (Å²) < 4.78 is 6.22. The Hall–Kier alpha value is -0.910. The molecular weight excluding hydrogens is 308 g/mol. The van der Waals surface area contributed by atoms with Crippen molar-refractivity contribution in [3.63, 3.8) is 0 Å². The van der Waals surface area contributed by atoms with Gasteiger partial charge in [-0.2, -0.15) is 0 Å². The van der Waals surface area contributed by atoms with Crippen LogP contribution >= 0.6 is 15.9 Å². The van der Waals surface area contributed by atoms with E-state index in [1.807, 2.05) is 24.3 Å². The Kier molecular flexibility index (Phi) is 5.82. The summed E-state index contributed by atoms with van der Waals surface area (Å²) in [6.45, 7) is 5.37. The molecule has 19 heavy (non-hydrogen) atoms. The highest BCUT2D eigenvalue weighted by Gasteiger charge is 2.10. The summed E-state index contributed by atoms with van der Waals surface area (Å²) in [5.41, 5.74) is 0.695. The Morgan fingerprint density at radius 2 is 2.16 bits per heavy atom. The van der Waals surface area contributed by atoms with Crippen LogP contribution in [-0.4, -0.2) is 50.2 Å². The van der Waals surface area contributed by atoms with E-state index in [1.165, 1.54) is 0 Å². The largest absolute Gasteiger partial charge is 0.379 e. The van der Waals surface area contributed by atoms with Crippen LogP contribution in [0.15, 0.2) is 28.7 Å². The minimum atomic E-state index is -0.0109. The van der Waals surface area contributed by atoms with Gasteiger partial charge in [0.25, 0.3) is 5.91 Å². The first-order valence-electron chi connectivity index (χ1n) is 6.59. The Balaban J connectivity index is 1.66. The maximum Gasteiger partial charge on any atom is 0.251 e. The van der Waals surface area contributed by atoms with Crippen LogP contribution in [0.2, 0.25) is 0 Å². The van der Waals surface area contributed by atoms with Gasteiger partial charge in [0.2, 0.25) is 0 Å². The van der Waals surface area contributed by atoms with Crippen LogP contribution in [0, 0.1) is 0 Å². The van der Waals surface area contributed by atoms with E-state index in [-0.39, 0.29) is 5.91 Å². The van der Waals surface area contributed by atoms with Gasteiger partial charge >= 0.3 is 0 Å². The first kappa shape index (κ1) is 14.5. The van der Waals surface area contributed by atoms with E-state index < -0.39 is 0 Å². The normalized spacial score (nSPS) is 16.3. The zero-order chi connectivity index (χ0) is 13.5. The van der Waals surface area contributed by atoms with E-state index in [2.05, 4.69) is 26.1 Å². The summed E-state index contributed by atoms with van der Waals surface area (Å²) in [6, 6.07) is 7.43. The first-order chi connectivity index (χ1) is 9.25. The van der Waals surface area contributed by atoms with Crippen LogP contribution in [0.1, 0.15) is 16.8 Å². The summed E-state index contributed by atoms with van der Waals surface area (Å²) in [5, 5.41) is 2.95. The highest BCUT2D eigenvalue weighted by atomic mass is 79.9. The second-order valence-electron chi connectivity index (χ2n) is 4.57. The maximum absolute atomic E-state index is 11.9. The molecule has 1 aromatic carbocycles. The Morgan fingerprint density at radius 3 is 2.89 bits per heavy atom. The van der Waals surface area contributed by atoms with Crippen LogP contribution in [0.3, 0.4) is 0 Å². The third-order valence-electron chi connectivity index (χ3n) is 3.13. The number of amides is 1. The lowest BCUT2D eigenvalue weighted by Gasteiger charge is -2.26. The topological polar surface area (TPSA) is 41.6 Å². The molecular formula is C14H19BrN2O2. The molecule has 1 amide bonds. The third-order valence-corrected chi connectivity index (χ3v) is 3.62. The summed E-state index contributed by atoms with van der Waals surface area (Å²) >= 11 is 3.37. The number of rotatable bonds is 5. The maximum atomic E-state index is 11.9. The number of nitrogens with zero attached hydrogens (tertiary/aromatic N) is 1. The number of ether oxygens (including phenoxy) is 1. The van der Waals surface area contributed by atoms with E-state index in [0.717, 1.165) is 43.7 Å². The molecule has 104 valence electrons. The average molecular weight is 327 g/mol. The lowest BCUT2D eigenvalue weighted by atomic mass is 10.2. The Labute approximate surface area is 122 Å². The number of nitrogens with one attached hydrogen (secondary N) is 1. The molecule has 1 fully saturated rings. The Morgan fingerprint density at radius 1 is 1.37 bits per heavy atom. The predicted octanol–water partition coefficient (Wildman–Crippen LogP) is 1.90. The molecule has 5 heteroatoms. The smallest absolute Gasteiger partial charge is 0.251 e. The van der Waals surface area contributed by atoms with Crippen LogP contribution in [0.5, 0.6) is 0 Å². The lowest BCUT2D eigenvalue weighted by molar-refractivity contribution is 0.0374.